The summed E-state index contributed by atoms with van der Waals surface area (Å²) in [5, 5.41) is 23.1. The van der Waals surface area contributed by atoms with E-state index in [1.807, 2.05) is 6.07 Å². The fourth-order valence-electron chi connectivity index (χ4n) is 2.09. The number of nitro groups is 1. The number of rotatable bonds is 6. The molecule has 2 rings (SSSR count). The van der Waals surface area contributed by atoms with Crippen molar-refractivity contribution in [3.8, 4) is 5.75 Å². The van der Waals surface area contributed by atoms with Gasteiger partial charge in [0, 0.05) is 0 Å². The zero-order valence-corrected chi connectivity index (χ0v) is 13.4. The zero-order valence-electron chi connectivity index (χ0n) is 13.4. The number of phenolic OH excluding ortho intramolecular Hbond substituents is 1. The van der Waals surface area contributed by atoms with Crippen LogP contribution in [0.1, 0.15) is 21.5 Å². The van der Waals surface area contributed by atoms with Gasteiger partial charge in [0.15, 0.2) is 5.75 Å². The van der Waals surface area contributed by atoms with Crippen LogP contribution in [-0.4, -0.2) is 28.5 Å². The number of aryl methyl sites for hydroxylation is 1. The van der Waals surface area contributed by atoms with E-state index in [9.17, 15) is 24.8 Å². The second-order valence-corrected chi connectivity index (χ2v) is 5.21. The van der Waals surface area contributed by atoms with E-state index >= 15 is 0 Å². The van der Waals surface area contributed by atoms with Crippen LogP contribution in [0.4, 0.5) is 5.69 Å². The van der Waals surface area contributed by atoms with Crippen LogP contribution in [-0.2, 0) is 16.1 Å². The molecule has 0 aliphatic carbocycles. The number of ether oxygens (including phenoxy) is 1. The molecule has 0 bridgehead atoms. The van der Waals surface area contributed by atoms with Crippen molar-refractivity contribution in [2.24, 2.45) is 0 Å². The van der Waals surface area contributed by atoms with E-state index < -0.39 is 34.8 Å². The molecule has 0 saturated heterocycles. The highest BCUT2D eigenvalue weighted by Gasteiger charge is 2.26. The van der Waals surface area contributed by atoms with Crippen LogP contribution in [0.15, 0.2) is 42.5 Å². The van der Waals surface area contributed by atoms with E-state index in [2.05, 4.69) is 5.32 Å². The predicted octanol–water partition coefficient (Wildman–Crippen LogP) is 2.08. The Balaban J connectivity index is 1.97. The Morgan fingerprint density at radius 3 is 2.52 bits per heavy atom. The number of nitrogens with zero attached hydrogens (tertiary/aromatic N) is 1. The Labute approximate surface area is 143 Å². The van der Waals surface area contributed by atoms with Gasteiger partial charge in [-0.15, -0.1) is 0 Å². The van der Waals surface area contributed by atoms with Gasteiger partial charge in [-0.3, -0.25) is 19.7 Å². The molecular formula is C17H16N2O6. The Morgan fingerprint density at radius 1 is 1.20 bits per heavy atom. The molecule has 0 fully saturated rings. The lowest BCUT2D eigenvalue weighted by Gasteiger charge is -2.08. The van der Waals surface area contributed by atoms with Crippen molar-refractivity contribution in [1.82, 2.24) is 5.32 Å². The summed E-state index contributed by atoms with van der Waals surface area (Å²) >= 11 is 0. The number of esters is 1. The molecule has 25 heavy (non-hydrogen) atoms. The minimum atomic E-state index is -0.848. The second-order valence-electron chi connectivity index (χ2n) is 5.21. The lowest BCUT2D eigenvalue weighted by Crippen LogP contribution is -2.31. The van der Waals surface area contributed by atoms with E-state index in [1.165, 1.54) is 19.1 Å². The molecule has 8 nitrogen and oxygen atoms in total. The van der Waals surface area contributed by atoms with Gasteiger partial charge in [0.05, 0.1) is 4.92 Å². The van der Waals surface area contributed by atoms with Gasteiger partial charge in [-0.25, -0.2) is 0 Å². The molecule has 0 atom stereocenters. The number of phenols is 1. The van der Waals surface area contributed by atoms with Crippen molar-refractivity contribution >= 4 is 17.6 Å². The number of hydrogen-bond donors (Lipinski definition) is 2. The molecule has 2 N–H and O–H groups in total. The van der Waals surface area contributed by atoms with Crippen LogP contribution in [0.25, 0.3) is 0 Å². The fourth-order valence-corrected chi connectivity index (χ4v) is 2.09. The van der Waals surface area contributed by atoms with Gasteiger partial charge in [-0.1, -0.05) is 36.4 Å². The van der Waals surface area contributed by atoms with Gasteiger partial charge in [-0.05, 0) is 24.1 Å². The molecule has 0 spiro atoms. The predicted molar refractivity (Wildman–Crippen MR) is 88.1 cm³/mol. The Kier molecular flexibility index (Phi) is 5.67. The maximum absolute atomic E-state index is 12.1. The monoisotopic (exact) mass is 344 g/mol. The third kappa shape index (κ3) is 4.54. The third-order valence-electron chi connectivity index (χ3n) is 3.42. The van der Waals surface area contributed by atoms with Gasteiger partial charge in [0.2, 0.25) is 0 Å². The fraction of sp³-hybridized carbons (Fsp3) is 0.176. The van der Waals surface area contributed by atoms with Crippen molar-refractivity contribution in [1.29, 1.82) is 0 Å². The molecule has 2 aromatic rings. The molecule has 130 valence electrons. The molecule has 2 aromatic carbocycles. The summed E-state index contributed by atoms with van der Waals surface area (Å²) in [6, 6.07) is 11.6. The molecule has 1 amide bonds. The van der Waals surface area contributed by atoms with Crippen molar-refractivity contribution in [2.75, 3.05) is 6.54 Å². The number of aromatic hydroxyl groups is 1. The first-order chi connectivity index (χ1) is 11.9. The number of carbonyl (C=O) groups excluding carboxylic acids is 2. The van der Waals surface area contributed by atoms with E-state index in [4.69, 9.17) is 4.74 Å². The highest BCUT2D eigenvalue weighted by molar-refractivity contribution is 6.00. The van der Waals surface area contributed by atoms with Gasteiger partial charge in [-0.2, -0.15) is 0 Å². The molecule has 0 saturated carbocycles. The van der Waals surface area contributed by atoms with Crippen molar-refractivity contribution < 1.29 is 24.4 Å². The van der Waals surface area contributed by atoms with E-state index in [1.54, 1.807) is 24.3 Å². The van der Waals surface area contributed by atoms with Crippen molar-refractivity contribution in [3.63, 3.8) is 0 Å². The Morgan fingerprint density at radius 2 is 1.88 bits per heavy atom. The smallest absolute Gasteiger partial charge is 0.325 e. The van der Waals surface area contributed by atoms with Crippen LogP contribution < -0.4 is 5.32 Å². The summed E-state index contributed by atoms with van der Waals surface area (Å²) in [5.41, 5.74) is 0.0332. The maximum atomic E-state index is 12.1. The lowest BCUT2D eigenvalue weighted by molar-refractivity contribution is -0.386. The van der Waals surface area contributed by atoms with Crippen LogP contribution in [0.5, 0.6) is 5.75 Å². The SMILES string of the molecule is Cc1ccc(C(=O)NCC(=O)OCc2ccccc2)c([N+](=O)[O-])c1O. The number of hydrogen-bond acceptors (Lipinski definition) is 6. The average Bonchev–Trinajstić information content (AvgIpc) is 2.60. The summed E-state index contributed by atoms with van der Waals surface area (Å²) < 4.78 is 5.00. The third-order valence-corrected chi connectivity index (χ3v) is 3.42. The molecule has 0 aromatic heterocycles. The van der Waals surface area contributed by atoms with Crippen molar-refractivity contribution in [2.45, 2.75) is 13.5 Å². The van der Waals surface area contributed by atoms with Crippen LogP contribution in [0.2, 0.25) is 0 Å². The van der Waals surface area contributed by atoms with E-state index in [-0.39, 0.29) is 17.7 Å². The minimum Gasteiger partial charge on any atom is -0.502 e. The first kappa shape index (κ1) is 17.9. The first-order valence-electron chi connectivity index (χ1n) is 7.35. The van der Waals surface area contributed by atoms with Gasteiger partial charge >= 0.3 is 11.7 Å². The number of nitrogens with one attached hydrogen (secondary N) is 1. The van der Waals surface area contributed by atoms with Crippen LogP contribution >= 0.6 is 0 Å². The van der Waals surface area contributed by atoms with E-state index in [0.29, 0.717) is 0 Å². The van der Waals surface area contributed by atoms with E-state index in [0.717, 1.165) is 5.56 Å². The van der Waals surface area contributed by atoms with Gasteiger partial charge < -0.3 is 15.2 Å². The summed E-state index contributed by atoms with van der Waals surface area (Å²) in [5.74, 6) is -2.11. The van der Waals surface area contributed by atoms with Crippen LogP contribution in [0.3, 0.4) is 0 Å². The molecule has 0 radical (unpaired) electrons. The number of amides is 1. The quantitative estimate of drug-likeness (QED) is 0.470. The summed E-state index contributed by atoms with van der Waals surface area (Å²) in [4.78, 5) is 34.0. The molecule has 8 heteroatoms. The molecular weight excluding hydrogens is 328 g/mol. The standard InChI is InChI=1S/C17H16N2O6/c1-11-7-8-13(15(16(11)21)19(23)24)17(22)18-9-14(20)25-10-12-5-3-2-4-6-12/h2-8,21H,9-10H2,1H3,(H,18,22). The highest BCUT2D eigenvalue weighted by atomic mass is 16.6. The Hall–Kier alpha value is -3.42. The zero-order chi connectivity index (χ0) is 18.4. The first-order valence-corrected chi connectivity index (χ1v) is 7.35. The van der Waals surface area contributed by atoms with Crippen LogP contribution in [0, 0.1) is 17.0 Å². The summed E-state index contributed by atoms with van der Waals surface area (Å²) in [6.45, 7) is 1.09. The largest absolute Gasteiger partial charge is 0.502 e. The number of carbonyl (C=O) groups is 2. The maximum Gasteiger partial charge on any atom is 0.325 e. The molecule has 0 unspecified atom stereocenters. The summed E-state index contributed by atoms with van der Waals surface area (Å²) in [6.07, 6.45) is 0. The molecule has 0 heterocycles. The Bertz CT molecular complexity index is 804. The average molecular weight is 344 g/mol. The van der Waals surface area contributed by atoms with Crippen molar-refractivity contribution in [3.05, 3.63) is 69.3 Å². The topological polar surface area (TPSA) is 119 Å². The lowest BCUT2D eigenvalue weighted by atomic mass is 10.1. The highest BCUT2D eigenvalue weighted by Crippen LogP contribution is 2.32. The van der Waals surface area contributed by atoms with Gasteiger partial charge in [0.25, 0.3) is 5.91 Å². The normalized spacial score (nSPS) is 10.1. The minimum absolute atomic E-state index is 0.0566. The second kappa shape index (κ2) is 7.91. The molecule has 0 aliphatic heterocycles. The molecule has 0 aliphatic rings. The number of nitro benzene ring substituents is 1. The summed E-state index contributed by atoms with van der Waals surface area (Å²) in [7, 11) is 0. The van der Waals surface area contributed by atoms with Gasteiger partial charge in [0.1, 0.15) is 18.7 Å². The number of benzene rings is 2.